The van der Waals surface area contributed by atoms with Crippen LogP contribution in [0.3, 0.4) is 0 Å². The summed E-state index contributed by atoms with van der Waals surface area (Å²) in [7, 11) is 0. The molecule has 2 aliphatic rings. The van der Waals surface area contributed by atoms with Crippen LogP contribution in [0.5, 0.6) is 0 Å². The number of rotatable bonds is 2. The summed E-state index contributed by atoms with van der Waals surface area (Å²) in [4.78, 5) is 24.5. The second-order valence-corrected chi connectivity index (χ2v) is 4.88. The Labute approximate surface area is 99.8 Å². The molecule has 3 heteroatoms. The Hall–Kier alpha value is -1.48. The van der Waals surface area contributed by atoms with E-state index in [1.165, 1.54) is 0 Å². The van der Waals surface area contributed by atoms with Gasteiger partial charge in [0.05, 0.1) is 0 Å². The number of hydrogen-bond donors (Lipinski definition) is 0. The summed E-state index contributed by atoms with van der Waals surface area (Å²) in [5.74, 6) is -0.0456. The molecule has 1 aliphatic carbocycles. The monoisotopic (exact) mass is 230 g/mol. The Kier molecular flexibility index (Phi) is 2.05. The number of epoxide rings is 1. The van der Waals surface area contributed by atoms with E-state index in [1.54, 1.807) is 12.1 Å². The summed E-state index contributed by atoms with van der Waals surface area (Å²) in [6.45, 7) is 3.91. The van der Waals surface area contributed by atoms with Gasteiger partial charge in [0.2, 0.25) is 0 Å². The Balaban J connectivity index is 2.12. The van der Waals surface area contributed by atoms with E-state index in [-0.39, 0.29) is 11.6 Å². The fraction of sp³-hybridized carbons (Fsp3) is 0.429. The molecule has 1 aromatic rings. The summed E-state index contributed by atoms with van der Waals surface area (Å²) in [5, 5.41) is 0. The second-order valence-electron chi connectivity index (χ2n) is 4.88. The lowest BCUT2D eigenvalue weighted by atomic mass is 9.79. The number of carbonyl (C=O) groups excluding carboxylic acids is 2. The van der Waals surface area contributed by atoms with E-state index in [0.29, 0.717) is 17.5 Å². The van der Waals surface area contributed by atoms with Crippen LogP contribution in [-0.2, 0) is 4.74 Å². The van der Waals surface area contributed by atoms with Crippen LogP contribution in [-0.4, -0.2) is 23.3 Å². The van der Waals surface area contributed by atoms with Gasteiger partial charge < -0.3 is 4.74 Å². The number of carbonyl (C=O) groups is 2. The molecule has 1 heterocycles. The third-order valence-electron chi connectivity index (χ3n) is 3.62. The lowest BCUT2D eigenvalue weighted by Gasteiger charge is -2.18. The minimum atomic E-state index is -0.825. The maximum absolute atomic E-state index is 12.3. The van der Waals surface area contributed by atoms with Crippen LogP contribution in [0.2, 0.25) is 0 Å². The Morgan fingerprint density at radius 1 is 1.29 bits per heavy atom. The average Bonchev–Trinajstić information content (AvgIpc) is 3.03. The van der Waals surface area contributed by atoms with Crippen molar-refractivity contribution in [3.05, 3.63) is 34.9 Å². The van der Waals surface area contributed by atoms with Crippen molar-refractivity contribution in [1.82, 2.24) is 0 Å². The highest BCUT2D eigenvalue weighted by Gasteiger charge is 2.68. The van der Waals surface area contributed by atoms with Crippen molar-refractivity contribution in [3.63, 3.8) is 0 Å². The van der Waals surface area contributed by atoms with Gasteiger partial charge in [-0.2, -0.15) is 0 Å². The van der Waals surface area contributed by atoms with Crippen LogP contribution in [0.25, 0.3) is 0 Å². The molecular formula is C14H14O3. The van der Waals surface area contributed by atoms with E-state index < -0.39 is 11.7 Å². The van der Waals surface area contributed by atoms with Crippen molar-refractivity contribution in [3.8, 4) is 0 Å². The Morgan fingerprint density at radius 3 is 2.76 bits per heavy atom. The van der Waals surface area contributed by atoms with Gasteiger partial charge in [0.1, 0.15) is 0 Å². The molecule has 17 heavy (non-hydrogen) atoms. The standard InChI is InChI=1S/C14H14O3/c1-3-6-14-12(16)9-5-4-8(2)7-10(9)11(15)13(14)17-14/h4-5,7,13H,3,6H2,1-2H3. The van der Waals surface area contributed by atoms with E-state index in [2.05, 4.69) is 0 Å². The highest BCUT2D eigenvalue weighted by molar-refractivity contribution is 6.22. The van der Waals surface area contributed by atoms with E-state index in [9.17, 15) is 9.59 Å². The first kappa shape index (κ1) is 10.7. The second kappa shape index (κ2) is 3.26. The summed E-state index contributed by atoms with van der Waals surface area (Å²) in [6.07, 6.45) is 0.955. The Bertz CT molecular complexity index is 532. The highest BCUT2D eigenvalue weighted by atomic mass is 16.6. The average molecular weight is 230 g/mol. The van der Waals surface area contributed by atoms with Crippen LogP contribution in [0.15, 0.2) is 18.2 Å². The van der Waals surface area contributed by atoms with Gasteiger partial charge in [0.25, 0.3) is 0 Å². The molecule has 0 saturated carbocycles. The lowest BCUT2D eigenvalue weighted by molar-refractivity contribution is 0.0852. The fourth-order valence-electron chi connectivity index (χ4n) is 2.72. The zero-order chi connectivity index (χ0) is 12.2. The summed E-state index contributed by atoms with van der Waals surface area (Å²) in [5.41, 5.74) is 1.23. The van der Waals surface area contributed by atoms with E-state index in [4.69, 9.17) is 4.74 Å². The molecule has 1 aliphatic heterocycles. The van der Waals surface area contributed by atoms with Gasteiger partial charge in [-0.15, -0.1) is 0 Å². The first-order valence-electron chi connectivity index (χ1n) is 5.97. The van der Waals surface area contributed by atoms with Crippen molar-refractivity contribution in [1.29, 1.82) is 0 Å². The normalized spacial score (nSPS) is 29.9. The highest BCUT2D eigenvalue weighted by Crippen LogP contribution is 2.49. The number of benzene rings is 1. The smallest absolute Gasteiger partial charge is 0.198 e. The van der Waals surface area contributed by atoms with Crippen molar-refractivity contribution < 1.29 is 14.3 Å². The van der Waals surface area contributed by atoms with Crippen LogP contribution in [0.1, 0.15) is 46.0 Å². The van der Waals surface area contributed by atoms with Gasteiger partial charge in [0, 0.05) is 11.1 Å². The molecular weight excluding hydrogens is 216 g/mol. The molecule has 0 N–H and O–H groups in total. The Morgan fingerprint density at radius 2 is 2.06 bits per heavy atom. The SMILES string of the molecule is CCCC12OC1C(=O)c1cc(C)ccc1C2=O. The van der Waals surface area contributed by atoms with Crippen molar-refractivity contribution >= 4 is 11.6 Å². The number of ether oxygens (including phenoxy) is 1. The number of aryl methyl sites for hydroxylation is 1. The molecule has 0 radical (unpaired) electrons. The lowest BCUT2D eigenvalue weighted by Crippen LogP contribution is -2.36. The van der Waals surface area contributed by atoms with Crippen LogP contribution < -0.4 is 0 Å². The fourth-order valence-corrected chi connectivity index (χ4v) is 2.72. The number of hydrogen-bond acceptors (Lipinski definition) is 3. The van der Waals surface area contributed by atoms with Crippen LogP contribution >= 0.6 is 0 Å². The molecule has 1 fully saturated rings. The molecule has 0 spiro atoms. The zero-order valence-electron chi connectivity index (χ0n) is 9.95. The molecule has 3 rings (SSSR count). The maximum Gasteiger partial charge on any atom is 0.198 e. The molecule has 1 saturated heterocycles. The van der Waals surface area contributed by atoms with Gasteiger partial charge in [-0.3, -0.25) is 9.59 Å². The summed E-state index contributed by atoms with van der Waals surface area (Å²) in [6, 6.07) is 5.40. The third kappa shape index (κ3) is 1.26. The van der Waals surface area contributed by atoms with E-state index in [0.717, 1.165) is 12.0 Å². The van der Waals surface area contributed by atoms with Gasteiger partial charge in [-0.1, -0.05) is 31.0 Å². The largest absolute Gasteiger partial charge is 0.349 e. The zero-order valence-corrected chi connectivity index (χ0v) is 9.95. The van der Waals surface area contributed by atoms with Gasteiger partial charge in [-0.25, -0.2) is 0 Å². The number of Topliss-reactive ketones (excluding diaryl/α,β-unsaturated/α-hetero) is 2. The first-order chi connectivity index (χ1) is 8.10. The quantitative estimate of drug-likeness (QED) is 0.732. The van der Waals surface area contributed by atoms with Crippen molar-refractivity contribution in [2.45, 2.75) is 38.4 Å². The molecule has 0 bridgehead atoms. The van der Waals surface area contributed by atoms with E-state index >= 15 is 0 Å². The molecule has 2 atom stereocenters. The van der Waals surface area contributed by atoms with Gasteiger partial charge in [0.15, 0.2) is 23.3 Å². The molecule has 88 valence electrons. The molecule has 0 amide bonds. The maximum atomic E-state index is 12.3. The predicted molar refractivity (Wildman–Crippen MR) is 62.4 cm³/mol. The van der Waals surface area contributed by atoms with Gasteiger partial charge in [-0.05, 0) is 19.4 Å². The molecule has 3 nitrogen and oxygen atoms in total. The first-order valence-corrected chi connectivity index (χ1v) is 5.97. The van der Waals surface area contributed by atoms with E-state index in [1.807, 2.05) is 19.9 Å². The minimum Gasteiger partial charge on any atom is -0.349 e. The van der Waals surface area contributed by atoms with Crippen molar-refractivity contribution in [2.24, 2.45) is 0 Å². The molecule has 0 aromatic heterocycles. The summed E-state index contributed by atoms with van der Waals surface area (Å²) >= 11 is 0. The number of ketones is 2. The summed E-state index contributed by atoms with van der Waals surface area (Å²) < 4.78 is 5.45. The van der Waals surface area contributed by atoms with Crippen molar-refractivity contribution in [2.75, 3.05) is 0 Å². The topological polar surface area (TPSA) is 46.7 Å². The number of fused-ring (bicyclic) bond motifs is 2. The van der Waals surface area contributed by atoms with Crippen LogP contribution in [0.4, 0.5) is 0 Å². The minimum absolute atomic E-state index is 0.0149. The third-order valence-corrected chi connectivity index (χ3v) is 3.62. The molecule has 2 unspecified atom stereocenters. The van der Waals surface area contributed by atoms with Crippen LogP contribution in [0, 0.1) is 6.92 Å². The molecule has 1 aromatic carbocycles. The van der Waals surface area contributed by atoms with Gasteiger partial charge >= 0.3 is 0 Å². The predicted octanol–water partition coefficient (Wildman–Crippen LogP) is 2.31.